The van der Waals surface area contributed by atoms with Crippen molar-refractivity contribution in [2.45, 2.75) is 32.6 Å². The van der Waals surface area contributed by atoms with Crippen molar-refractivity contribution in [1.82, 2.24) is 9.88 Å². The molecule has 0 N–H and O–H groups in total. The second-order valence-corrected chi connectivity index (χ2v) is 4.84. The van der Waals surface area contributed by atoms with Gasteiger partial charge in [0.05, 0.1) is 13.0 Å². The molecule has 1 aromatic heterocycles. The average Bonchev–Trinajstić information content (AvgIpc) is 2.91. The Morgan fingerprint density at radius 1 is 1.44 bits per heavy atom. The topological polar surface area (TPSA) is 42.4 Å². The summed E-state index contributed by atoms with van der Waals surface area (Å²) in [6.07, 6.45) is 4.01. The maximum absolute atomic E-state index is 12.4. The Morgan fingerprint density at radius 2 is 2.11 bits per heavy atom. The van der Waals surface area contributed by atoms with Crippen LogP contribution in [0.4, 0.5) is 0 Å². The first kappa shape index (κ1) is 12.9. The van der Waals surface area contributed by atoms with Crippen molar-refractivity contribution in [2.24, 2.45) is 0 Å². The molecule has 0 spiro atoms. The number of nitrogens with zero attached hydrogens (tertiary/aromatic N) is 2. The van der Waals surface area contributed by atoms with E-state index in [9.17, 15) is 4.79 Å². The van der Waals surface area contributed by atoms with E-state index in [1.54, 1.807) is 13.3 Å². The van der Waals surface area contributed by atoms with E-state index in [0.29, 0.717) is 5.88 Å². The van der Waals surface area contributed by atoms with Gasteiger partial charge in [-0.25, -0.2) is 4.98 Å². The summed E-state index contributed by atoms with van der Waals surface area (Å²) in [7, 11) is 1.59. The highest BCUT2D eigenvalue weighted by Gasteiger charge is 2.25. The Labute approximate surface area is 108 Å². The van der Waals surface area contributed by atoms with Crippen molar-refractivity contribution in [3.05, 3.63) is 23.4 Å². The fourth-order valence-corrected chi connectivity index (χ4v) is 2.44. The van der Waals surface area contributed by atoms with E-state index in [1.165, 1.54) is 0 Å². The monoisotopic (exact) mass is 248 g/mol. The molecular weight excluding hydrogens is 228 g/mol. The highest BCUT2D eigenvalue weighted by atomic mass is 16.5. The van der Waals surface area contributed by atoms with E-state index in [2.05, 4.69) is 4.98 Å². The quantitative estimate of drug-likeness (QED) is 0.823. The largest absolute Gasteiger partial charge is 0.481 e. The second-order valence-electron chi connectivity index (χ2n) is 4.84. The van der Waals surface area contributed by atoms with Crippen LogP contribution in [0.2, 0.25) is 0 Å². The van der Waals surface area contributed by atoms with E-state index >= 15 is 0 Å². The van der Waals surface area contributed by atoms with Gasteiger partial charge in [0.1, 0.15) is 0 Å². The van der Waals surface area contributed by atoms with Crippen LogP contribution in [0.3, 0.4) is 0 Å². The highest BCUT2D eigenvalue weighted by Crippen LogP contribution is 2.25. The lowest BCUT2D eigenvalue weighted by Gasteiger charge is -2.21. The molecule has 0 saturated carbocycles. The van der Waals surface area contributed by atoms with Crippen LogP contribution in [-0.2, 0) is 4.79 Å². The fraction of sp³-hybridized carbons (Fsp3) is 0.571. The first-order valence-electron chi connectivity index (χ1n) is 6.43. The maximum atomic E-state index is 12.4. The van der Waals surface area contributed by atoms with Gasteiger partial charge in [0.15, 0.2) is 0 Å². The van der Waals surface area contributed by atoms with E-state index < -0.39 is 0 Å². The number of hydrogen-bond donors (Lipinski definition) is 0. The van der Waals surface area contributed by atoms with Gasteiger partial charge >= 0.3 is 0 Å². The molecule has 1 saturated heterocycles. The van der Waals surface area contributed by atoms with Crippen LogP contribution in [0, 0.1) is 6.92 Å². The molecule has 0 aliphatic carbocycles. The summed E-state index contributed by atoms with van der Waals surface area (Å²) in [4.78, 5) is 18.5. The molecule has 2 heterocycles. The fourth-order valence-electron chi connectivity index (χ4n) is 2.44. The van der Waals surface area contributed by atoms with E-state index in [-0.39, 0.29) is 11.8 Å². The normalized spacial score (nSPS) is 16.7. The third-order valence-electron chi connectivity index (χ3n) is 3.58. The maximum Gasteiger partial charge on any atom is 0.229 e. The van der Waals surface area contributed by atoms with Crippen molar-refractivity contribution in [3.63, 3.8) is 0 Å². The molecule has 1 fully saturated rings. The number of ether oxygens (including phenoxy) is 1. The summed E-state index contributed by atoms with van der Waals surface area (Å²) >= 11 is 0. The minimum absolute atomic E-state index is 0.125. The van der Waals surface area contributed by atoms with Crippen molar-refractivity contribution >= 4 is 5.91 Å². The SMILES string of the molecule is COc1cc(C(C)C(=O)N2CCCC2)c(C)cn1. The Hall–Kier alpha value is -1.58. The van der Waals surface area contributed by atoms with Gasteiger partial charge in [-0.2, -0.15) is 0 Å². The number of aryl methyl sites for hydroxylation is 1. The van der Waals surface area contributed by atoms with Crippen molar-refractivity contribution in [3.8, 4) is 5.88 Å². The Morgan fingerprint density at radius 3 is 2.72 bits per heavy atom. The number of amides is 1. The van der Waals surface area contributed by atoms with Crippen LogP contribution in [0.1, 0.15) is 36.8 Å². The minimum Gasteiger partial charge on any atom is -0.481 e. The molecule has 1 aliphatic heterocycles. The number of carbonyl (C=O) groups excluding carboxylic acids is 1. The third kappa shape index (κ3) is 2.47. The van der Waals surface area contributed by atoms with Crippen LogP contribution < -0.4 is 4.74 Å². The lowest BCUT2D eigenvalue weighted by molar-refractivity contribution is -0.131. The van der Waals surface area contributed by atoms with Gasteiger partial charge in [0.2, 0.25) is 11.8 Å². The molecule has 0 bridgehead atoms. The van der Waals surface area contributed by atoms with Gasteiger partial charge < -0.3 is 9.64 Å². The van der Waals surface area contributed by atoms with Crippen LogP contribution in [-0.4, -0.2) is 36.0 Å². The zero-order valence-electron chi connectivity index (χ0n) is 11.3. The first-order valence-corrected chi connectivity index (χ1v) is 6.43. The summed E-state index contributed by atoms with van der Waals surface area (Å²) in [5.74, 6) is 0.653. The summed E-state index contributed by atoms with van der Waals surface area (Å²) in [5.41, 5.74) is 2.05. The molecule has 1 atom stereocenters. The highest BCUT2D eigenvalue weighted by molar-refractivity contribution is 5.84. The molecule has 1 unspecified atom stereocenters. The predicted molar refractivity (Wildman–Crippen MR) is 69.8 cm³/mol. The number of carbonyl (C=O) groups is 1. The molecule has 18 heavy (non-hydrogen) atoms. The Balaban J connectivity index is 2.21. The van der Waals surface area contributed by atoms with Crippen molar-refractivity contribution in [1.29, 1.82) is 0 Å². The molecule has 0 aromatic carbocycles. The van der Waals surface area contributed by atoms with E-state index in [0.717, 1.165) is 37.1 Å². The van der Waals surface area contributed by atoms with Crippen molar-refractivity contribution in [2.75, 3.05) is 20.2 Å². The first-order chi connectivity index (χ1) is 8.63. The standard InChI is InChI=1S/C14H20N2O2/c1-10-9-15-13(18-3)8-12(10)11(2)14(17)16-6-4-5-7-16/h8-9,11H,4-7H2,1-3H3. The lowest BCUT2D eigenvalue weighted by Crippen LogP contribution is -2.31. The summed E-state index contributed by atoms with van der Waals surface area (Å²) in [6, 6.07) is 1.87. The van der Waals surface area contributed by atoms with Gasteiger partial charge in [-0.1, -0.05) is 0 Å². The van der Waals surface area contributed by atoms with Gasteiger partial charge in [0.25, 0.3) is 0 Å². The number of aromatic nitrogens is 1. The van der Waals surface area contributed by atoms with Crippen LogP contribution in [0.25, 0.3) is 0 Å². The van der Waals surface area contributed by atoms with Gasteiger partial charge in [-0.05, 0) is 37.8 Å². The smallest absolute Gasteiger partial charge is 0.229 e. The molecular formula is C14H20N2O2. The van der Waals surface area contributed by atoms with Gasteiger partial charge in [-0.15, -0.1) is 0 Å². The molecule has 2 rings (SSSR count). The average molecular weight is 248 g/mol. The Kier molecular flexibility index (Phi) is 3.84. The predicted octanol–water partition coefficient (Wildman–Crippen LogP) is 2.12. The molecule has 1 amide bonds. The number of pyridine rings is 1. The minimum atomic E-state index is -0.125. The summed E-state index contributed by atoms with van der Waals surface area (Å²) < 4.78 is 5.13. The molecule has 98 valence electrons. The Bertz CT molecular complexity index is 439. The molecule has 1 aliphatic rings. The number of likely N-dealkylation sites (tertiary alicyclic amines) is 1. The van der Waals surface area contributed by atoms with Crippen LogP contribution in [0.5, 0.6) is 5.88 Å². The molecule has 4 heteroatoms. The zero-order valence-corrected chi connectivity index (χ0v) is 11.3. The van der Waals surface area contributed by atoms with Crippen molar-refractivity contribution < 1.29 is 9.53 Å². The summed E-state index contributed by atoms with van der Waals surface area (Å²) in [5, 5.41) is 0. The van der Waals surface area contributed by atoms with E-state index in [4.69, 9.17) is 4.74 Å². The number of rotatable bonds is 3. The summed E-state index contributed by atoms with van der Waals surface area (Å²) in [6.45, 7) is 5.73. The van der Waals surface area contributed by atoms with Gasteiger partial charge in [-0.3, -0.25) is 4.79 Å². The van der Waals surface area contributed by atoms with Gasteiger partial charge in [0, 0.05) is 25.4 Å². The number of hydrogen-bond acceptors (Lipinski definition) is 3. The van der Waals surface area contributed by atoms with E-state index in [1.807, 2.05) is 24.8 Å². The van der Waals surface area contributed by atoms with Crippen LogP contribution >= 0.6 is 0 Å². The zero-order chi connectivity index (χ0) is 13.1. The number of methoxy groups -OCH3 is 1. The third-order valence-corrected chi connectivity index (χ3v) is 3.58. The van der Waals surface area contributed by atoms with Crippen LogP contribution in [0.15, 0.2) is 12.3 Å². The lowest BCUT2D eigenvalue weighted by atomic mass is 9.97. The second kappa shape index (κ2) is 5.38. The molecule has 0 radical (unpaired) electrons. The molecule has 4 nitrogen and oxygen atoms in total. The molecule has 1 aromatic rings.